The lowest BCUT2D eigenvalue weighted by Gasteiger charge is -2.15. The highest BCUT2D eigenvalue weighted by atomic mass is 16.5. The number of likely N-dealkylation sites (tertiary alicyclic amines) is 1. The first-order valence-corrected chi connectivity index (χ1v) is 7.86. The molecule has 2 rings (SSSR count). The number of hydrogen-bond acceptors (Lipinski definition) is 3. The molecule has 1 saturated heterocycles. The van der Waals surface area contributed by atoms with Crippen LogP contribution in [0.2, 0.25) is 0 Å². The van der Waals surface area contributed by atoms with E-state index in [0.29, 0.717) is 6.04 Å². The zero-order valence-electron chi connectivity index (χ0n) is 13.1. The lowest BCUT2D eigenvalue weighted by Crippen LogP contribution is -2.32. The highest BCUT2D eigenvalue weighted by Gasteiger charge is 2.17. The van der Waals surface area contributed by atoms with Crippen molar-refractivity contribution >= 4 is 5.91 Å². The van der Waals surface area contributed by atoms with Gasteiger partial charge in [0.1, 0.15) is 5.75 Å². The van der Waals surface area contributed by atoms with Crippen LogP contribution in [0.5, 0.6) is 5.75 Å². The predicted molar refractivity (Wildman–Crippen MR) is 84.6 cm³/mol. The van der Waals surface area contributed by atoms with Gasteiger partial charge in [-0.1, -0.05) is 12.1 Å². The van der Waals surface area contributed by atoms with Crippen LogP contribution in [-0.2, 0) is 11.2 Å². The summed E-state index contributed by atoms with van der Waals surface area (Å²) in [6.07, 6.45) is 4.40. The van der Waals surface area contributed by atoms with Crippen LogP contribution in [0.1, 0.15) is 31.7 Å². The molecule has 0 aromatic heterocycles. The van der Waals surface area contributed by atoms with Crippen LogP contribution in [0, 0.1) is 0 Å². The monoisotopic (exact) mass is 290 g/mol. The fourth-order valence-corrected chi connectivity index (χ4v) is 2.48. The average molecular weight is 290 g/mol. The largest absolute Gasteiger partial charge is 0.484 e. The summed E-state index contributed by atoms with van der Waals surface area (Å²) in [5, 5.41) is 3.24. The first-order chi connectivity index (χ1) is 10.2. The number of nitrogens with one attached hydrogen (secondary N) is 1. The first-order valence-electron chi connectivity index (χ1n) is 7.86. The number of ether oxygens (including phenoxy) is 1. The summed E-state index contributed by atoms with van der Waals surface area (Å²) in [4.78, 5) is 13.8. The number of aryl methyl sites for hydroxylation is 1. The van der Waals surface area contributed by atoms with E-state index in [1.165, 1.54) is 5.56 Å². The van der Waals surface area contributed by atoms with E-state index in [1.807, 2.05) is 24.1 Å². The van der Waals surface area contributed by atoms with E-state index >= 15 is 0 Å². The predicted octanol–water partition coefficient (Wildman–Crippen LogP) is 2.23. The Morgan fingerprint density at radius 1 is 1.29 bits per heavy atom. The second-order valence-electron chi connectivity index (χ2n) is 5.75. The molecule has 1 atom stereocenters. The fraction of sp³-hybridized carbons (Fsp3) is 0.588. The van der Waals surface area contributed by atoms with Gasteiger partial charge in [-0.15, -0.1) is 0 Å². The van der Waals surface area contributed by atoms with Gasteiger partial charge < -0.3 is 15.0 Å². The van der Waals surface area contributed by atoms with Crippen molar-refractivity contribution in [2.75, 3.05) is 26.7 Å². The Labute approximate surface area is 127 Å². The van der Waals surface area contributed by atoms with Crippen molar-refractivity contribution in [3.05, 3.63) is 29.8 Å². The number of nitrogens with zero attached hydrogens (tertiary/aromatic N) is 1. The van der Waals surface area contributed by atoms with E-state index in [9.17, 15) is 4.79 Å². The Bertz CT molecular complexity index is 439. The van der Waals surface area contributed by atoms with Gasteiger partial charge in [-0.2, -0.15) is 0 Å². The molecule has 1 aromatic carbocycles. The van der Waals surface area contributed by atoms with Crippen LogP contribution < -0.4 is 10.1 Å². The third-order valence-corrected chi connectivity index (χ3v) is 4.10. The van der Waals surface area contributed by atoms with Gasteiger partial charge in [-0.25, -0.2) is 0 Å². The molecule has 4 nitrogen and oxygen atoms in total. The minimum absolute atomic E-state index is 0.0967. The van der Waals surface area contributed by atoms with Gasteiger partial charge in [0.25, 0.3) is 5.91 Å². The minimum Gasteiger partial charge on any atom is -0.484 e. The number of rotatable bonds is 7. The molecule has 1 N–H and O–H groups in total. The summed E-state index contributed by atoms with van der Waals surface area (Å²) in [5.74, 6) is 0.868. The van der Waals surface area contributed by atoms with Crippen molar-refractivity contribution in [2.24, 2.45) is 0 Å². The molecule has 0 radical (unpaired) electrons. The second-order valence-corrected chi connectivity index (χ2v) is 5.75. The standard InChI is InChI=1S/C17H26N2O2/c1-14(18-2)5-6-15-7-9-16(10-8-15)21-13-17(20)19-11-3-4-12-19/h7-10,14,18H,3-6,11-13H2,1-2H3. The third kappa shape index (κ3) is 5.05. The molecule has 116 valence electrons. The second kappa shape index (κ2) is 8.03. The Morgan fingerprint density at radius 2 is 1.95 bits per heavy atom. The van der Waals surface area contributed by atoms with Gasteiger partial charge in [0.2, 0.25) is 0 Å². The maximum atomic E-state index is 11.9. The number of carbonyl (C=O) groups excluding carboxylic acids is 1. The van der Waals surface area contributed by atoms with E-state index in [4.69, 9.17) is 4.74 Å². The zero-order valence-corrected chi connectivity index (χ0v) is 13.1. The van der Waals surface area contributed by atoms with Gasteiger partial charge in [0, 0.05) is 19.1 Å². The SMILES string of the molecule is CNC(C)CCc1ccc(OCC(=O)N2CCCC2)cc1. The number of benzene rings is 1. The van der Waals surface area contributed by atoms with Gasteiger partial charge in [-0.05, 0) is 57.4 Å². The van der Waals surface area contributed by atoms with E-state index in [0.717, 1.165) is 44.5 Å². The van der Waals surface area contributed by atoms with Crippen LogP contribution in [0.15, 0.2) is 24.3 Å². The zero-order chi connectivity index (χ0) is 15.1. The molecule has 1 fully saturated rings. The third-order valence-electron chi connectivity index (χ3n) is 4.10. The summed E-state index contributed by atoms with van der Waals surface area (Å²) in [5.41, 5.74) is 1.30. The average Bonchev–Trinajstić information content (AvgIpc) is 3.05. The molecule has 1 aliphatic rings. The molecular weight excluding hydrogens is 264 g/mol. The van der Waals surface area contributed by atoms with Crippen molar-refractivity contribution in [1.29, 1.82) is 0 Å². The number of amides is 1. The minimum atomic E-state index is 0.0967. The van der Waals surface area contributed by atoms with Gasteiger partial charge in [0.05, 0.1) is 0 Å². The van der Waals surface area contributed by atoms with E-state index in [1.54, 1.807) is 0 Å². The molecule has 0 spiro atoms. The van der Waals surface area contributed by atoms with Crippen LogP contribution in [-0.4, -0.2) is 43.6 Å². The summed E-state index contributed by atoms with van der Waals surface area (Å²) >= 11 is 0. The maximum Gasteiger partial charge on any atom is 0.260 e. The molecule has 0 saturated carbocycles. The lowest BCUT2D eigenvalue weighted by atomic mass is 10.1. The normalized spacial score (nSPS) is 16.0. The molecule has 1 aromatic rings. The summed E-state index contributed by atoms with van der Waals surface area (Å²) in [6.45, 7) is 4.09. The molecule has 4 heteroatoms. The van der Waals surface area contributed by atoms with E-state index in [-0.39, 0.29) is 12.5 Å². The number of hydrogen-bond donors (Lipinski definition) is 1. The van der Waals surface area contributed by atoms with E-state index < -0.39 is 0 Å². The first kappa shape index (κ1) is 15.8. The Kier molecular flexibility index (Phi) is 6.05. The smallest absolute Gasteiger partial charge is 0.260 e. The molecule has 1 unspecified atom stereocenters. The van der Waals surface area contributed by atoms with Crippen LogP contribution in [0.25, 0.3) is 0 Å². The maximum absolute atomic E-state index is 11.9. The Balaban J connectivity index is 1.75. The van der Waals surface area contributed by atoms with Crippen molar-refractivity contribution in [1.82, 2.24) is 10.2 Å². The van der Waals surface area contributed by atoms with Gasteiger partial charge in [-0.3, -0.25) is 4.79 Å². The summed E-state index contributed by atoms with van der Waals surface area (Å²) in [6, 6.07) is 8.60. The molecule has 0 aliphatic carbocycles. The van der Waals surface area contributed by atoms with Crippen molar-refractivity contribution < 1.29 is 9.53 Å². The lowest BCUT2D eigenvalue weighted by molar-refractivity contribution is -0.132. The molecule has 1 heterocycles. The van der Waals surface area contributed by atoms with Crippen LogP contribution >= 0.6 is 0 Å². The molecule has 1 amide bonds. The summed E-state index contributed by atoms with van der Waals surface area (Å²) in [7, 11) is 1.99. The molecule has 1 aliphatic heterocycles. The molecular formula is C17H26N2O2. The fourth-order valence-electron chi connectivity index (χ4n) is 2.48. The van der Waals surface area contributed by atoms with Crippen molar-refractivity contribution in [2.45, 2.75) is 38.6 Å². The highest BCUT2D eigenvalue weighted by Crippen LogP contribution is 2.15. The molecule has 21 heavy (non-hydrogen) atoms. The Hall–Kier alpha value is -1.55. The quantitative estimate of drug-likeness (QED) is 0.837. The van der Waals surface area contributed by atoms with Crippen LogP contribution in [0.3, 0.4) is 0 Å². The highest BCUT2D eigenvalue weighted by molar-refractivity contribution is 5.78. The number of carbonyl (C=O) groups is 1. The molecule has 0 bridgehead atoms. The van der Waals surface area contributed by atoms with E-state index in [2.05, 4.69) is 24.4 Å². The Morgan fingerprint density at radius 3 is 2.57 bits per heavy atom. The van der Waals surface area contributed by atoms with Crippen molar-refractivity contribution in [3.8, 4) is 5.75 Å². The summed E-state index contributed by atoms with van der Waals surface area (Å²) < 4.78 is 5.58. The van der Waals surface area contributed by atoms with Gasteiger partial charge >= 0.3 is 0 Å². The topological polar surface area (TPSA) is 41.6 Å². The van der Waals surface area contributed by atoms with Crippen molar-refractivity contribution in [3.63, 3.8) is 0 Å². The van der Waals surface area contributed by atoms with Gasteiger partial charge in [0.15, 0.2) is 6.61 Å². The van der Waals surface area contributed by atoms with Crippen LogP contribution in [0.4, 0.5) is 0 Å².